The molecule has 0 aromatic carbocycles. The SMILES string of the molecule is CC(CCCc1cn[nH]n1)c1ncn[nH]1. The number of aryl methyl sites for hydroxylation is 1. The Morgan fingerprint density at radius 2 is 2.33 bits per heavy atom. The number of nitrogens with one attached hydrogen (secondary N) is 2. The fraction of sp³-hybridized carbons (Fsp3) is 0.556. The van der Waals surface area contributed by atoms with Crippen molar-refractivity contribution in [2.24, 2.45) is 0 Å². The predicted molar refractivity (Wildman–Crippen MR) is 54.1 cm³/mol. The topological polar surface area (TPSA) is 83.1 Å². The first-order valence-electron chi connectivity index (χ1n) is 5.06. The first-order chi connectivity index (χ1) is 7.36. The molecule has 2 aromatic rings. The van der Waals surface area contributed by atoms with Crippen molar-refractivity contribution in [3.63, 3.8) is 0 Å². The summed E-state index contributed by atoms with van der Waals surface area (Å²) in [5.41, 5.74) is 1.01. The minimum absolute atomic E-state index is 0.416. The van der Waals surface area contributed by atoms with Gasteiger partial charge in [0.05, 0.1) is 11.9 Å². The van der Waals surface area contributed by atoms with Crippen LogP contribution in [0, 0.1) is 0 Å². The summed E-state index contributed by atoms with van der Waals surface area (Å²) in [6, 6.07) is 0. The van der Waals surface area contributed by atoms with Gasteiger partial charge in [0.25, 0.3) is 0 Å². The first kappa shape index (κ1) is 9.82. The van der Waals surface area contributed by atoms with Crippen molar-refractivity contribution in [3.05, 3.63) is 24.0 Å². The number of rotatable bonds is 5. The van der Waals surface area contributed by atoms with Gasteiger partial charge in [0.1, 0.15) is 12.2 Å². The highest BCUT2D eigenvalue weighted by Gasteiger charge is 2.08. The second-order valence-corrected chi connectivity index (χ2v) is 3.63. The van der Waals surface area contributed by atoms with Gasteiger partial charge in [-0.3, -0.25) is 5.10 Å². The molecule has 0 bridgehead atoms. The fourth-order valence-corrected chi connectivity index (χ4v) is 1.52. The Hall–Kier alpha value is -1.72. The van der Waals surface area contributed by atoms with Gasteiger partial charge in [-0.2, -0.15) is 20.5 Å². The molecule has 6 nitrogen and oxygen atoms in total. The van der Waals surface area contributed by atoms with Crippen LogP contribution in [0.25, 0.3) is 0 Å². The van der Waals surface area contributed by atoms with Crippen LogP contribution in [0.15, 0.2) is 12.5 Å². The Balaban J connectivity index is 1.74. The summed E-state index contributed by atoms with van der Waals surface area (Å²) in [6.45, 7) is 2.14. The lowest BCUT2D eigenvalue weighted by Gasteiger charge is -2.05. The van der Waals surface area contributed by atoms with Gasteiger partial charge in [0, 0.05) is 5.92 Å². The summed E-state index contributed by atoms with van der Waals surface area (Å²) < 4.78 is 0. The van der Waals surface area contributed by atoms with Gasteiger partial charge < -0.3 is 0 Å². The third kappa shape index (κ3) is 2.61. The minimum Gasteiger partial charge on any atom is -0.263 e. The van der Waals surface area contributed by atoms with Gasteiger partial charge in [-0.05, 0) is 19.3 Å². The van der Waals surface area contributed by atoms with E-state index >= 15 is 0 Å². The van der Waals surface area contributed by atoms with Gasteiger partial charge in [0.15, 0.2) is 0 Å². The molecule has 6 heteroatoms. The predicted octanol–water partition coefficient (Wildman–Crippen LogP) is 1.05. The maximum Gasteiger partial charge on any atom is 0.137 e. The van der Waals surface area contributed by atoms with Crippen LogP contribution in [0.4, 0.5) is 0 Å². The normalized spacial score (nSPS) is 12.9. The third-order valence-electron chi connectivity index (χ3n) is 2.44. The molecular weight excluding hydrogens is 192 g/mol. The van der Waals surface area contributed by atoms with Crippen LogP contribution in [0.2, 0.25) is 0 Å². The molecule has 0 aliphatic rings. The van der Waals surface area contributed by atoms with E-state index in [1.54, 1.807) is 12.5 Å². The standard InChI is InChI=1S/C9H14N6/c1-7(9-10-6-12-14-9)3-2-4-8-5-11-15-13-8/h5-7H,2-4H2,1H3,(H,10,12,14)(H,11,13,15). The van der Waals surface area contributed by atoms with E-state index < -0.39 is 0 Å². The van der Waals surface area contributed by atoms with E-state index in [1.807, 2.05) is 0 Å². The molecule has 15 heavy (non-hydrogen) atoms. The van der Waals surface area contributed by atoms with Crippen LogP contribution in [0.1, 0.15) is 37.2 Å². The number of hydrogen-bond donors (Lipinski definition) is 2. The van der Waals surface area contributed by atoms with Gasteiger partial charge in [-0.1, -0.05) is 6.92 Å². The lowest BCUT2D eigenvalue weighted by atomic mass is 10.0. The third-order valence-corrected chi connectivity index (χ3v) is 2.44. The lowest BCUT2D eigenvalue weighted by molar-refractivity contribution is 0.601. The van der Waals surface area contributed by atoms with E-state index in [2.05, 4.69) is 37.5 Å². The van der Waals surface area contributed by atoms with E-state index in [0.29, 0.717) is 5.92 Å². The number of nitrogens with zero attached hydrogens (tertiary/aromatic N) is 4. The highest BCUT2D eigenvalue weighted by molar-refractivity contribution is 4.93. The number of aromatic nitrogens is 6. The molecule has 0 amide bonds. The molecule has 0 fully saturated rings. The van der Waals surface area contributed by atoms with Crippen LogP contribution >= 0.6 is 0 Å². The number of H-pyrrole nitrogens is 2. The highest BCUT2D eigenvalue weighted by Crippen LogP contribution is 2.16. The second-order valence-electron chi connectivity index (χ2n) is 3.63. The Kier molecular flexibility index (Phi) is 3.06. The van der Waals surface area contributed by atoms with Crippen LogP contribution in [0.3, 0.4) is 0 Å². The van der Waals surface area contributed by atoms with Crippen molar-refractivity contribution in [2.45, 2.75) is 32.1 Å². The van der Waals surface area contributed by atoms with Gasteiger partial charge in [-0.15, -0.1) is 0 Å². The molecule has 2 aromatic heterocycles. The van der Waals surface area contributed by atoms with Crippen molar-refractivity contribution < 1.29 is 0 Å². The van der Waals surface area contributed by atoms with Gasteiger partial charge in [0.2, 0.25) is 0 Å². The molecule has 2 N–H and O–H groups in total. The van der Waals surface area contributed by atoms with Crippen molar-refractivity contribution in [1.82, 2.24) is 30.6 Å². The Bertz CT molecular complexity index is 365. The van der Waals surface area contributed by atoms with Crippen LogP contribution in [-0.2, 0) is 6.42 Å². The number of aromatic amines is 2. The monoisotopic (exact) mass is 206 g/mol. The largest absolute Gasteiger partial charge is 0.263 e. The maximum atomic E-state index is 4.13. The summed E-state index contributed by atoms with van der Waals surface area (Å²) in [4.78, 5) is 4.13. The van der Waals surface area contributed by atoms with E-state index in [-0.39, 0.29) is 0 Å². The van der Waals surface area contributed by atoms with E-state index in [1.165, 1.54) is 0 Å². The Morgan fingerprint density at radius 1 is 1.40 bits per heavy atom. The zero-order valence-corrected chi connectivity index (χ0v) is 8.64. The highest BCUT2D eigenvalue weighted by atomic mass is 15.3. The first-order valence-corrected chi connectivity index (χ1v) is 5.06. The summed E-state index contributed by atoms with van der Waals surface area (Å²) in [7, 11) is 0. The van der Waals surface area contributed by atoms with Crippen LogP contribution < -0.4 is 0 Å². The second kappa shape index (κ2) is 4.68. The Morgan fingerprint density at radius 3 is 3.00 bits per heavy atom. The van der Waals surface area contributed by atoms with E-state index in [4.69, 9.17) is 0 Å². The quantitative estimate of drug-likeness (QED) is 0.765. The summed E-state index contributed by atoms with van der Waals surface area (Å²) in [5, 5.41) is 17.1. The fourth-order valence-electron chi connectivity index (χ4n) is 1.52. The van der Waals surface area contributed by atoms with Crippen LogP contribution in [-0.4, -0.2) is 30.6 Å². The van der Waals surface area contributed by atoms with Crippen molar-refractivity contribution in [3.8, 4) is 0 Å². The summed E-state index contributed by atoms with van der Waals surface area (Å²) in [6.07, 6.45) is 6.41. The average Bonchev–Trinajstić information content (AvgIpc) is 2.90. The molecule has 0 aliphatic carbocycles. The van der Waals surface area contributed by atoms with E-state index in [0.717, 1.165) is 30.8 Å². The minimum atomic E-state index is 0.416. The molecule has 2 heterocycles. The average molecular weight is 206 g/mol. The molecule has 2 rings (SSSR count). The molecule has 0 aliphatic heterocycles. The maximum absolute atomic E-state index is 4.13. The van der Waals surface area contributed by atoms with Crippen molar-refractivity contribution in [1.29, 1.82) is 0 Å². The molecule has 1 atom stereocenters. The zero-order valence-electron chi connectivity index (χ0n) is 8.64. The van der Waals surface area contributed by atoms with Gasteiger partial charge in [-0.25, -0.2) is 4.98 Å². The van der Waals surface area contributed by atoms with E-state index in [9.17, 15) is 0 Å². The molecular formula is C9H14N6. The summed E-state index contributed by atoms with van der Waals surface area (Å²) in [5.74, 6) is 1.37. The smallest absolute Gasteiger partial charge is 0.137 e. The molecule has 0 saturated carbocycles. The summed E-state index contributed by atoms with van der Waals surface area (Å²) >= 11 is 0. The number of hydrogen-bond acceptors (Lipinski definition) is 4. The molecule has 0 saturated heterocycles. The lowest BCUT2D eigenvalue weighted by Crippen LogP contribution is -1.98. The molecule has 0 spiro atoms. The zero-order chi connectivity index (χ0) is 10.5. The Labute approximate surface area is 87.5 Å². The van der Waals surface area contributed by atoms with Crippen molar-refractivity contribution in [2.75, 3.05) is 0 Å². The molecule has 0 radical (unpaired) electrons. The van der Waals surface area contributed by atoms with Gasteiger partial charge >= 0.3 is 0 Å². The molecule has 1 unspecified atom stereocenters. The molecule has 80 valence electrons. The van der Waals surface area contributed by atoms with Crippen LogP contribution in [0.5, 0.6) is 0 Å². The van der Waals surface area contributed by atoms with Crippen molar-refractivity contribution >= 4 is 0 Å².